The molecule has 0 amide bonds. The third-order valence-electron chi connectivity index (χ3n) is 2.06. The maximum absolute atomic E-state index is 13.2. The van der Waals surface area contributed by atoms with Crippen LogP contribution in [0.1, 0.15) is 52.4 Å². The summed E-state index contributed by atoms with van der Waals surface area (Å²) in [4.78, 5) is 0. The van der Waals surface area contributed by atoms with Crippen molar-refractivity contribution >= 4 is 11.6 Å². The van der Waals surface area contributed by atoms with E-state index in [1.807, 2.05) is 0 Å². The van der Waals surface area contributed by atoms with E-state index >= 15 is 0 Å². The number of unbranched alkanes of at least 4 members (excludes halogenated alkanes) is 2. The second-order valence-corrected chi connectivity index (χ2v) is 3.88. The summed E-state index contributed by atoms with van der Waals surface area (Å²) >= 11 is 5.87. The number of rotatable bonds is 7. The van der Waals surface area contributed by atoms with Gasteiger partial charge >= 0.3 is 0 Å². The highest BCUT2D eigenvalue weighted by Gasteiger charge is 2.16. The van der Waals surface area contributed by atoms with Crippen LogP contribution in [-0.2, 0) is 0 Å². The molecule has 12 heavy (non-hydrogen) atoms. The molecule has 0 saturated heterocycles. The molecule has 0 spiro atoms. The van der Waals surface area contributed by atoms with Crippen LogP contribution in [-0.4, -0.2) is 11.5 Å². The molecule has 0 aliphatic carbocycles. The van der Waals surface area contributed by atoms with Gasteiger partial charge in [-0.15, -0.1) is 11.6 Å². The van der Waals surface area contributed by atoms with Gasteiger partial charge < -0.3 is 0 Å². The van der Waals surface area contributed by atoms with Crippen LogP contribution in [0.25, 0.3) is 0 Å². The molecular weight excluding hydrogens is 175 g/mol. The molecule has 0 heterocycles. The lowest BCUT2D eigenvalue weighted by Gasteiger charge is -2.13. The Kier molecular flexibility index (Phi) is 7.99. The van der Waals surface area contributed by atoms with Crippen molar-refractivity contribution in [2.24, 2.45) is 0 Å². The first-order valence-corrected chi connectivity index (χ1v) is 5.44. The van der Waals surface area contributed by atoms with Gasteiger partial charge in [-0.05, 0) is 12.8 Å². The Morgan fingerprint density at radius 2 is 1.58 bits per heavy atom. The van der Waals surface area contributed by atoms with E-state index in [0.717, 1.165) is 32.1 Å². The standard InChI is InChI=1S/C10H20ClF/c1-3-5-7-9(11)10(12)8-6-4-2/h9-10H,3-8H2,1-2H3/t9-,10+/m1/s1. The molecule has 0 fully saturated rings. The van der Waals surface area contributed by atoms with Crippen LogP contribution < -0.4 is 0 Å². The summed E-state index contributed by atoms with van der Waals surface area (Å²) in [5.41, 5.74) is 0. The van der Waals surface area contributed by atoms with Gasteiger partial charge in [0.25, 0.3) is 0 Å². The third-order valence-corrected chi connectivity index (χ3v) is 2.55. The van der Waals surface area contributed by atoms with E-state index in [0.29, 0.717) is 6.42 Å². The Labute approximate surface area is 80.5 Å². The lowest BCUT2D eigenvalue weighted by atomic mass is 10.1. The van der Waals surface area contributed by atoms with Gasteiger partial charge in [0, 0.05) is 0 Å². The van der Waals surface area contributed by atoms with Crippen LogP contribution in [0.5, 0.6) is 0 Å². The molecule has 0 N–H and O–H groups in total. The Hall–Kier alpha value is 0.220. The topological polar surface area (TPSA) is 0 Å². The highest BCUT2D eigenvalue weighted by Crippen LogP contribution is 2.19. The molecule has 0 nitrogen and oxygen atoms in total. The van der Waals surface area contributed by atoms with Gasteiger partial charge in [0.15, 0.2) is 0 Å². The van der Waals surface area contributed by atoms with Crippen LogP contribution in [0.2, 0.25) is 0 Å². The zero-order chi connectivity index (χ0) is 9.40. The lowest BCUT2D eigenvalue weighted by molar-refractivity contribution is 0.287. The average Bonchev–Trinajstić information content (AvgIpc) is 2.10. The summed E-state index contributed by atoms with van der Waals surface area (Å²) in [6, 6.07) is 0. The van der Waals surface area contributed by atoms with Gasteiger partial charge in [0.2, 0.25) is 0 Å². The van der Waals surface area contributed by atoms with E-state index in [9.17, 15) is 4.39 Å². The van der Waals surface area contributed by atoms with E-state index in [-0.39, 0.29) is 5.38 Å². The Balaban J connectivity index is 3.39. The van der Waals surface area contributed by atoms with Crippen molar-refractivity contribution in [3.63, 3.8) is 0 Å². The largest absolute Gasteiger partial charge is 0.246 e. The molecule has 0 aromatic carbocycles. The molecule has 0 bridgehead atoms. The zero-order valence-electron chi connectivity index (χ0n) is 8.15. The predicted octanol–water partition coefficient (Wildman–Crippen LogP) is 4.31. The second kappa shape index (κ2) is 7.85. The van der Waals surface area contributed by atoms with E-state index in [4.69, 9.17) is 11.6 Å². The molecule has 2 heteroatoms. The van der Waals surface area contributed by atoms with Gasteiger partial charge in [0.1, 0.15) is 6.17 Å². The third kappa shape index (κ3) is 5.82. The van der Waals surface area contributed by atoms with Crippen molar-refractivity contribution in [2.45, 2.75) is 63.9 Å². The van der Waals surface area contributed by atoms with Crippen molar-refractivity contribution in [2.75, 3.05) is 0 Å². The maximum atomic E-state index is 13.2. The van der Waals surface area contributed by atoms with E-state index in [2.05, 4.69) is 13.8 Å². The van der Waals surface area contributed by atoms with Crippen LogP contribution >= 0.6 is 11.6 Å². The van der Waals surface area contributed by atoms with Gasteiger partial charge in [-0.25, -0.2) is 4.39 Å². The second-order valence-electron chi connectivity index (χ2n) is 3.32. The van der Waals surface area contributed by atoms with E-state index in [1.54, 1.807) is 0 Å². The predicted molar refractivity (Wildman–Crippen MR) is 53.6 cm³/mol. The Bertz CT molecular complexity index is 83.8. The fourth-order valence-electron chi connectivity index (χ4n) is 1.16. The maximum Gasteiger partial charge on any atom is 0.116 e. The molecule has 0 saturated carbocycles. The van der Waals surface area contributed by atoms with Gasteiger partial charge in [0.05, 0.1) is 5.38 Å². The summed E-state index contributed by atoms with van der Waals surface area (Å²) < 4.78 is 13.2. The number of halogens is 2. The average molecular weight is 195 g/mol. The van der Waals surface area contributed by atoms with Crippen molar-refractivity contribution < 1.29 is 4.39 Å². The van der Waals surface area contributed by atoms with E-state index < -0.39 is 6.17 Å². The molecule has 0 rings (SSSR count). The minimum atomic E-state index is -0.793. The lowest BCUT2D eigenvalue weighted by Crippen LogP contribution is -2.15. The summed E-state index contributed by atoms with van der Waals surface area (Å²) in [5, 5.41) is -0.253. The van der Waals surface area contributed by atoms with Crippen molar-refractivity contribution in [3.8, 4) is 0 Å². The molecule has 0 aliphatic rings. The number of hydrogen-bond acceptors (Lipinski definition) is 0. The summed E-state index contributed by atoms with van der Waals surface area (Å²) in [6.07, 6.45) is 4.81. The summed E-state index contributed by atoms with van der Waals surface area (Å²) in [5.74, 6) is 0. The highest BCUT2D eigenvalue weighted by molar-refractivity contribution is 6.21. The number of hydrogen-bond donors (Lipinski definition) is 0. The quantitative estimate of drug-likeness (QED) is 0.530. The molecule has 0 aliphatic heterocycles. The fraction of sp³-hybridized carbons (Fsp3) is 1.00. The minimum absolute atomic E-state index is 0.253. The summed E-state index contributed by atoms with van der Waals surface area (Å²) in [7, 11) is 0. The molecule has 0 radical (unpaired) electrons. The van der Waals surface area contributed by atoms with Crippen LogP contribution in [0.15, 0.2) is 0 Å². The molecule has 2 atom stereocenters. The van der Waals surface area contributed by atoms with Gasteiger partial charge in [-0.3, -0.25) is 0 Å². The van der Waals surface area contributed by atoms with Crippen LogP contribution in [0, 0.1) is 0 Å². The first-order chi connectivity index (χ1) is 5.72. The van der Waals surface area contributed by atoms with Crippen molar-refractivity contribution in [1.82, 2.24) is 0 Å². The smallest absolute Gasteiger partial charge is 0.116 e. The molecule has 74 valence electrons. The van der Waals surface area contributed by atoms with Crippen molar-refractivity contribution in [1.29, 1.82) is 0 Å². The van der Waals surface area contributed by atoms with Crippen LogP contribution in [0.4, 0.5) is 4.39 Å². The molecule has 0 aromatic heterocycles. The Morgan fingerprint density at radius 1 is 1.08 bits per heavy atom. The highest BCUT2D eigenvalue weighted by atomic mass is 35.5. The van der Waals surface area contributed by atoms with Gasteiger partial charge in [-0.1, -0.05) is 39.5 Å². The minimum Gasteiger partial charge on any atom is -0.246 e. The fourth-order valence-corrected chi connectivity index (χ4v) is 1.44. The first kappa shape index (κ1) is 12.2. The van der Waals surface area contributed by atoms with Crippen LogP contribution in [0.3, 0.4) is 0 Å². The molecular formula is C10H20ClF. The van der Waals surface area contributed by atoms with Crippen molar-refractivity contribution in [3.05, 3.63) is 0 Å². The monoisotopic (exact) mass is 194 g/mol. The Morgan fingerprint density at radius 3 is 2.08 bits per heavy atom. The molecule has 0 aromatic rings. The normalized spacial score (nSPS) is 16.0. The van der Waals surface area contributed by atoms with E-state index in [1.165, 1.54) is 0 Å². The zero-order valence-corrected chi connectivity index (χ0v) is 8.91. The molecule has 0 unspecified atom stereocenters. The number of alkyl halides is 2. The summed E-state index contributed by atoms with van der Waals surface area (Å²) in [6.45, 7) is 4.17. The van der Waals surface area contributed by atoms with Gasteiger partial charge in [-0.2, -0.15) is 0 Å². The first-order valence-electron chi connectivity index (χ1n) is 5.00. The SMILES string of the molecule is CCCC[C@@H](Cl)[C@@H](F)CCCC.